The molecule has 1 rings (SSSR count). The summed E-state index contributed by atoms with van der Waals surface area (Å²) in [6.07, 6.45) is 0.112. The van der Waals surface area contributed by atoms with Crippen LogP contribution in [0.2, 0.25) is 0 Å². The molecular weight excluding hydrogens is 265 g/mol. The second-order valence-corrected chi connectivity index (χ2v) is 4.04. The summed E-state index contributed by atoms with van der Waals surface area (Å²) in [6, 6.07) is 5.70. The Balaban J connectivity index is 2.39. The summed E-state index contributed by atoms with van der Waals surface area (Å²) in [5.74, 6) is -0.705. The van der Waals surface area contributed by atoms with Crippen LogP contribution in [-0.4, -0.2) is 43.6 Å². The molecule has 0 saturated heterocycles. The third-order valence-corrected chi connectivity index (χ3v) is 2.66. The molecule has 0 aliphatic heterocycles. The lowest BCUT2D eigenvalue weighted by Gasteiger charge is -2.19. The lowest BCUT2D eigenvalue weighted by Crippen LogP contribution is -2.36. The standard InChI is InChI=1S/C14H18FNO4/c1-3-16(10-14(18)19-2)13(17)7-8-20-12-6-4-5-11(15)9-12/h4-6,9H,3,7-8,10H2,1-2H3. The summed E-state index contributed by atoms with van der Waals surface area (Å²) < 4.78 is 22.7. The molecule has 0 unspecified atom stereocenters. The maximum Gasteiger partial charge on any atom is 0.325 e. The number of carbonyl (C=O) groups excluding carboxylic acids is 2. The predicted octanol–water partition coefficient (Wildman–Crippen LogP) is 1.62. The van der Waals surface area contributed by atoms with E-state index in [0.717, 1.165) is 0 Å². The van der Waals surface area contributed by atoms with Gasteiger partial charge in [0, 0.05) is 12.6 Å². The van der Waals surface area contributed by atoms with Crippen LogP contribution >= 0.6 is 0 Å². The highest BCUT2D eigenvalue weighted by Gasteiger charge is 2.15. The van der Waals surface area contributed by atoms with Crippen LogP contribution in [-0.2, 0) is 14.3 Å². The summed E-state index contributed by atoms with van der Waals surface area (Å²) in [4.78, 5) is 24.4. The second kappa shape index (κ2) is 8.14. The molecule has 6 heteroatoms. The SMILES string of the molecule is CCN(CC(=O)OC)C(=O)CCOc1cccc(F)c1. The number of carbonyl (C=O) groups is 2. The Morgan fingerprint density at radius 3 is 2.70 bits per heavy atom. The van der Waals surface area contributed by atoms with E-state index in [1.807, 2.05) is 0 Å². The first-order valence-electron chi connectivity index (χ1n) is 6.29. The van der Waals surface area contributed by atoms with Crippen LogP contribution in [0.25, 0.3) is 0 Å². The van der Waals surface area contributed by atoms with E-state index < -0.39 is 11.8 Å². The fraction of sp³-hybridized carbons (Fsp3) is 0.429. The number of likely N-dealkylation sites (N-methyl/N-ethyl adjacent to an activating group) is 1. The Kier molecular flexibility index (Phi) is 6.49. The minimum absolute atomic E-state index is 0.0776. The van der Waals surface area contributed by atoms with Gasteiger partial charge < -0.3 is 14.4 Å². The van der Waals surface area contributed by atoms with Gasteiger partial charge >= 0.3 is 5.97 Å². The first-order valence-corrected chi connectivity index (χ1v) is 6.29. The number of esters is 1. The fourth-order valence-electron chi connectivity index (χ4n) is 1.57. The van der Waals surface area contributed by atoms with Crippen molar-refractivity contribution in [2.24, 2.45) is 0 Å². The van der Waals surface area contributed by atoms with Gasteiger partial charge in [-0.3, -0.25) is 9.59 Å². The molecule has 0 aliphatic carbocycles. The van der Waals surface area contributed by atoms with E-state index in [9.17, 15) is 14.0 Å². The molecule has 0 radical (unpaired) electrons. The van der Waals surface area contributed by atoms with E-state index >= 15 is 0 Å². The summed E-state index contributed by atoms with van der Waals surface area (Å²) in [6.45, 7) is 2.23. The Hall–Kier alpha value is -2.11. The van der Waals surface area contributed by atoms with Crippen molar-refractivity contribution in [1.29, 1.82) is 0 Å². The number of ether oxygens (including phenoxy) is 2. The predicted molar refractivity (Wildman–Crippen MR) is 70.8 cm³/mol. The van der Waals surface area contributed by atoms with Crippen LogP contribution in [0.3, 0.4) is 0 Å². The average Bonchev–Trinajstić information content (AvgIpc) is 2.44. The van der Waals surface area contributed by atoms with Crippen molar-refractivity contribution < 1.29 is 23.5 Å². The van der Waals surface area contributed by atoms with Gasteiger partial charge in [0.2, 0.25) is 5.91 Å². The van der Waals surface area contributed by atoms with E-state index in [4.69, 9.17) is 4.74 Å². The summed E-state index contributed by atoms with van der Waals surface area (Å²) in [7, 11) is 1.27. The third-order valence-electron chi connectivity index (χ3n) is 2.66. The minimum Gasteiger partial charge on any atom is -0.493 e. The molecule has 1 aromatic carbocycles. The van der Waals surface area contributed by atoms with E-state index in [-0.39, 0.29) is 25.5 Å². The van der Waals surface area contributed by atoms with Gasteiger partial charge in [0.05, 0.1) is 20.1 Å². The van der Waals surface area contributed by atoms with Gasteiger partial charge in [0.15, 0.2) is 0 Å². The number of amides is 1. The lowest BCUT2D eigenvalue weighted by molar-refractivity contribution is -0.147. The fourth-order valence-corrected chi connectivity index (χ4v) is 1.57. The molecular formula is C14H18FNO4. The van der Waals surface area contributed by atoms with Gasteiger partial charge in [-0.05, 0) is 19.1 Å². The number of rotatable bonds is 7. The molecule has 1 amide bonds. The van der Waals surface area contributed by atoms with Gasteiger partial charge in [0.1, 0.15) is 18.1 Å². The van der Waals surface area contributed by atoms with Crippen LogP contribution < -0.4 is 4.74 Å². The highest BCUT2D eigenvalue weighted by molar-refractivity contribution is 5.82. The molecule has 0 N–H and O–H groups in total. The molecule has 110 valence electrons. The lowest BCUT2D eigenvalue weighted by atomic mass is 10.3. The number of hydrogen-bond acceptors (Lipinski definition) is 4. The van der Waals surface area contributed by atoms with Gasteiger partial charge in [-0.25, -0.2) is 4.39 Å². The molecule has 0 bridgehead atoms. The highest BCUT2D eigenvalue weighted by atomic mass is 19.1. The van der Waals surface area contributed by atoms with E-state index in [1.54, 1.807) is 13.0 Å². The smallest absolute Gasteiger partial charge is 0.325 e. The Bertz CT molecular complexity index is 464. The first kappa shape index (κ1) is 15.9. The van der Waals surface area contributed by atoms with Crippen LogP contribution in [0.1, 0.15) is 13.3 Å². The van der Waals surface area contributed by atoms with E-state index in [1.165, 1.54) is 30.2 Å². The van der Waals surface area contributed by atoms with Crippen molar-refractivity contribution in [2.75, 3.05) is 26.8 Å². The van der Waals surface area contributed by atoms with Crippen LogP contribution in [0.4, 0.5) is 4.39 Å². The molecule has 0 heterocycles. The second-order valence-electron chi connectivity index (χ2n) is 4.04. The molecule has 0 aliphatic rings. The van der Waals surface area contributed by atoms with Crippen molar-refractivity contribution >= 4 is 11.9 Å². The number of benzene rings is 1. The van der Waals surface area contributed by atoms with Crippen LogP contribution in [0, 0.1) is 5.82 Å². The highest BCUT2D eigenvalue weighted by Crippen LogP contribution is 2.12. The molecule has 0 spiro atoms. The van der Waals surface area contributed by atoms with Crippen LogP contribution in [0.15, 0.2) is 24.3 Å². The molecule has 0 saturated carbocycles. The van der Waals surface area contributed by atoms with E-state index in [0.29, 0.717) is 12.3 Å². The monoisotopic (exact) mass is 283 g/mol. The van der Waals surface area contributed by atoms with Crippen molar-refractivity contribution in [3.63, 3.8) is 0 Å². The zero-order chi connectivity index (χ0) is 15.0. The quantitative estimate of drug-likeness (QED) is 0.713. The molecule has 0 fully saturated rings. The van der Waals surface area contributed by atoms with Crippen molar-refractivity contribution in [2.45, 2.75) is 13.3 Å². The molecule has 0 aromatic heterocycles. The molecule has 0 atom stereocenters. The molecule has 20 heavy (non-hydrogen) atoms. The van der Waals surface area contributed by atoms with Gasteiger partial charge in [-0.15, -0.1) is 0 Å². The van der Waals surface area contributed by atoms with Crippen molar-refractivity contribution in [3.8, 4) is 5.75 Å². The Morgan fingerprint density at radius 1 is 1.35 bits per heavy atom. The van der Waals surface area contributed by atoms with Crippen LogP contribution in [0.5, 0.6) is 5.75 Å². The largest absolute Gasteiger partial charge is 0.493 e. The van der Waals surface area contributed by atoms with Gasteiger partial charge in [-0.1, -0.05) is 6.07 Å². The molecule has 1 aromatic rings. The van der Waals surface area contributed by atoms with Crippen molar-refractivity contribution in [1.82, 2.24) is 4.90 Å². The van der Waals surface area contributed by atoms with Gasteiger partial charge in [0.25, 0.3) is 0 Å². The first-order chi connectivity index (χ1) is 9.56. The minimum atomic E-state index is -0.466. The number of nitrogens with zero attached hydrogens (tertiary/aromatic N) is 1. The average molecular weight is 283 g/mol. The van der Waals surface area contributed by atoms with E-state index in [2.05, 4.69) is 4.74 Å². The summed E-state index contributed by atoms with van der Waals surface area (Å²) in [5, 5.41) is 0. The topological polar surface area (TPSA) is 55.8 Å². The summed E-state index contributed by atoms with van der Waals surface area (Å²) in [5.41, 5.74) is 0. The zero-order valence-corrected chi connectivity index (χ0v) is 11.6. The number of hydrogen-bond donors (Lipinski definition) is 0. The maximum absolute atomic E-state index is 12.9. The zero-order valence-electron chi connectivity index (χ0n) is 11.6. The number of halogens is 1. The normalized spacial score (nSPS) is 9.95. The summed E-state index contributed by atoms with van der Waals surface area (Å²) >= 11 is 0. The molecule has 5 nitrogen and oxygen atoms in total. The van der Waals surface area contributed by atoms with Gasteiger partial charge in [-0.2, -0.15) is 0 Å². The third kappa shape index (κ3) is 5.26. The number of methoxy groups -OCH3 is 1. The van der Waals surface area contributed by atoms with Crippen molar-refractivity contribution in [3.05, 3.63) is 30.1 Å². The maximum atomic E-state index is 12.9. The Morgan fingerprint density at radius 2 is 2.10 bits per heavy atom. The Labute approximate surface area is 117 Å².